The van der Waals surface area contributed by atoms with E-state index in [2.05, 4.69) is 19.1 Å². The molecule has 0 fully saturated rings. The average Bonchev–Trinajstić information content (AvgIpc) is 2.48. The van der Waals surface area contributed by atoms with Crippen molar-refractivity contribution >= 4 is 6.16 Å². The van der Waals surface area contributed by atoms with Gasteiger partial charge < -0.3 is 9.84 Å². The second-order valence-corrected chi connectivity index (χ2v) is 5.02. The van der Waals surface area contributed by atoms with Crippen LogP contribution >= 0.6 is 0 Å². The van der Waals surface area contributed by atoms with E-state index in [1.54, 1.807) is 12.1 Å². The summed E-state index contributed by atoms with van der Waals surface area (Å²) < 4.78 is 4.85. The van der Waals surface area contributed by atoms with Gasteiger partial charge in [-0.1, -0.05) is 62.2 Å². The molecule has 3 nitrogen and oxygen atoms in total. The zero-order valence-electron chi connectivity index (χ0n) is 12.2. The molecule has 0 aliphatic carbocycles. The van der Waals surface area contributed by atoms with Crippen LogP contribution in [0.3, 0.4) is 0 Å². The Kier molecular flexibility index (Phi) is 5.38. The average molecular weight is 284 g/mol. The van der Waals surface area contributed by atoms with Crippen LogP contribution in [0.5, 0.6) is 5.75 Å². The lowest BCUT2D eigenvalue weighted by Gasteiger charge is -2.09. The standard InChI is InChI=1S/C18H20O3/c1-2-3-4-8-14-9-7-10-15(13-14)16-11-5-6-12-17(16)21-18(19)20/h5-7,9-13H,2-4,8H2,1H3,(H,19,20). The normalized spacial score (nSPS) is 10.3. The van der Waals surface area contributed by atoms with E-state index in [0.717, 1.165) is 17.5 Å². The molecule has 0 unspecified atom stereocenters. The number of para-hydroxylation sites is 1. The highest BCUT2D eigenvalue weighted by Crippen LogP contribution is 2.30. The van der Waals surface area contributed by atoms with E-state index < -0.39 is 6.16 Å². The van der Waals surface area contributed by atoms with Crippen molar-refractivity contribution in [2.24, 2.45) is 0 Å². The zero-order chi connectivity index (χ0) is 15.1. The molecular weight excluding hydrogens is 264 g/mol. The summed E-state index contributed by atoms with van der Waals surface area (Å²) >= 11 is 0. The third-order valence-corrected chi connectivity index (χ3v) is 3.39. The molecule has 2 aromatic rings. The van der Waals surface area contributed by atoms with Crippen LogP contribution < -0.4 is 4.74 Å². The summed E-state index contributed by atoms with van der Waals surface area (Å²) in [6.45, 7) is 2.19. The van der Waals surface area contributed by atoms with Crippen molar-refractivity contribution in [2.45, 2.75) is 32.6 Å². The Morgan fingerprint density at radius 3 is 2.67 bits per heavy atom. The molecule has 0 aliphatic rings. The van der Waals surface area contributed by atoms with Gasteiger partial charge in [-0.2, -0.15) is 0 Å². The number of carboxylic acid groups (broad SMARTS) is 1. The highest BCUT2D eigenvalue weighted by Gasteiger charge is 2.09. The number of unbranched alkanes of at least 4 members (excludes halogenated alkanes) is 2. The van der Waals surface area contributed by atoms with Crippen molar-refractivity contribution in [3.63, 3.8) is 0 Å². The smallest absolute Gasteiger partial charge is 0.449 e. The molecule has 0 bridgehead atoms. The minimum Gasteiger partial charge on any atom is -0.449 e. The van der Waals surface area contributed by atoms with Crippen LogP contribution in [0.4, 0.5) is 4.79 Å². The molecule has 0 aromatic heterocycles. The second-order valence-electron chi connectivity index (χ2n) is 5.02. The number of carbonyl (C=O) groups is 1. The zero-order valence-corrected chi connectivity index (χ0v) is 12.2. The van der Waals surface area contributed by atoms with Gasteiger partial charge in [0.05, 0.1) is 0 Å². The van der Waals surface area contributed by atoms with Gasteiger partial charge in [-0.3, -0.25) is 0 Å². The van der Waals surface area contributed by atoms with E-state index in [9.17, 15) is 4.79 Å². The summed E-state index contributed by atoms with van der Waals surface area (Å²) in [5.74, 6) is 0.371. The van der Waals surface area contributed by atoms with Gasteiger partial charge in [-0.15, -0.1) is 0 Å². The molecular formula is C18H20O3. The molecule has 0 amide bonds. The molecule has 3 heteroatoms. The predicted octanol–water partition coefficient (Wildman–Crippen LogP) is 5.14. The van der Waals surface area contributed by atoms with E-state index in [1.165, 1.54) is 24.8 Å². The molecule has 0 heterocycles. The van der Waals surface area contributed by atoms with Gasteiger partial charge in [-0.25, -0.2) is 4.79 Å². The van der Waals surface area contributed by atoms with Crippen molar-refractivity contribution in [1.82, 2.24) is 0 Å². The first-order chi connectivity index (χ1) is 10.2. The van der Waals surface area contributed by atoms with Crippen LogP contribution in [0.25, 0.3) is 11.1 Å². The van der Waals surface area contributed by atoms with Gasteiger partial charge in [0.25, 0.3) is 0 Å². The van der Waals surface area contributed by atoms with Crippen LogP contribution in [-0.4, -0.2) is 11.3 Å². The quantitative estimate of drug-likeness (QED) is 0.453. The van der Waals surface area contributed by atoms with E-state index >= 15 is 0 Å². The van der Waals surface area contributed by atoms with E-state index in [-0.39, 0.29) is 0 Å². The minimum absolute atomic E-state index is 0.371. The van der Waals surface area contributed by atoms with Crippen LogP contribution in [0.1, 0.15) is 31.7 Å². The summed E-state index contributed by atoms with van der Waals surface area (Å²) in [6.07, 6.45) is 3.36. The summed E-state index contributed by atoms with van der Waals surface area (Å²) in [6, 6.07) is 15.4. The molecule has 2 aromatic carbocycles. The van der Waals surface area contributed by atoms with Gasteiger partial charge in [0.2, 0.25) is 0 Å². The highest BCUT2D eigenvalue weighted by atomic mass is 16.7. The van der Waals surface area contributed by atoms with Crippen molar-refractivity contribution in [3.05, 3.63) is 54.1 Å². The van der Waals surface area contributed by atoms with Gasteiger partial charge in [0.1, 0.15) is 5.75 Å². The van der Waals surface area contributed by atoms with E-state index in [0.29, 0.717) is 5.75 Å². The van der Waals surface area contributed by atoms with Crippen LogP contribution in [0.2, 0.25) is 0 Å². The Balaban J connectivity index is 2.25. The van der Waals surface area contributed by atoms with E-state index in [1.807, 2.05) is 24.3 Å². The molecule has 0 saturated heterocycles. The lowest BCUT2D eigenvalue weighted by Crippen LogP contribution is -2.04. The molecule has 2 rings (SSSR count). The molecule has 0 atom stereocenters. The monoisotopic (exact) mass is 284 g/mol. The summed E-state index contributed by atoms with van der Waals surface area (Å²) in [5.41, 5.74) is 3.06. The fourth-order valence-corrected chi connectivity index (χ4v) is 2.36. The lowest BCUT2D eigenvalue weighted by molar-refractivity contribution is 0.144. The molecule has 0 radical (unpaired) electrons. The molecule has 0 aliphatic heterocycles. The summed E-state index contributed by atoms with van der Waals surface area (Å²) in [5, 5.41) is 8.81. The Morgan fingerprint density at radius 2 is 1.90 bits per heavy atom. The topological polar surface area (TPSA) is 46.5 Å². The molecule has 110 valence electrons. The fourth-order valence-electron chi connectivity index (χ4n) is 2.36. The van der Waals surface area contributed by atoms with Crippen LogP contribution in [-0.2, 0) is 6.42 Å². The Morgan fingerprint density at radius 1 is 1.10 bits per heavy atom. The van der Waals surface area contributed by atoms with Gasteiger partial charge in [-0.05, 0) is 30.0 Å². The molecule has 1 N–H and O–H groups in total. The Hall–Kier alpha value is -2.29. The van der Waals surface area contributed by atoms with Crippen molar-refractivity contribution in [3.8, 4) is 16.9 Å². The highest BCUT2D eigenvalue weighted by molar-refractivity contribution is 5.74. The van der Waals surface area contributed by atoms with Gasteiger partial charge >= 0.3 is 6.16 Å². The first kappa shape index (κ1) is 15.1. The maximum atomic E-state index is 10.8. The maximum Gasteiger partial charge on any atom is 0.511 e. The number of hydrogen-bond donors (Lipinski definition) is 1. The Bertz CT molecular complexity index is 605. The number of hydrogen-bond acceptors (Lipinski definition) is 2. The number of rotatable bonds is 6. The van der Waals surface area contributed by atoms with Gasteiger partial charge in [0.15, 0.2) is 0 Å². The fraction of sp³-hybridized carbons (Fsp3) is 0.278. The molecule has 21 heavy (non-hydrogen) atoms. The number of ether oxygens (including phenoxy) is 1. The Labute approximate surface area is 125 Å². The largest absolute Gasteiger partial charge is 0.511 e. The van der Waals surface area contributed by atoms with Crippen LogP contribution in [0.15, 0.2) is 48.5 Å². The third-order valence-electron chi connectivity index (χ3n) is 3.39. The minimum atomic E-state index is -1.29. The number of aryl methyl sites for hydroxylation is 1. The van der Waals surface area contributed by atoms with Crippen molar-refractivity contribution in [1.29, 1.82) is 0 Å². The van der Waals surface area contributed by atoms with Crippen molar-refractivity contribution in [2.75, 3.05) is 0 Å². The predicted molar refractivity (Wildman–Crippen MR) is 83.8 cm³/mol. The van der Waals surface area contributed by atoms with Crippen molar-refractivity contribution < 1.29 is 14.6 Å². The molecule has 0 saturated carbocycles. The third kappa shape index (κ3) is 4.35. The second kappa shape index (κ2) is 7.48. The first-order valence-electron chi connectivity index (χ1n) is 7.30. The van der Waals surface area contributed by atoms with Crippen LogP contribution in [0, 0.1) is 0 Å². The summed E-state index contributed by atoms with van der Waals surface area (Å²) in [7, 11) is 0. The SMILES string of the molecule is CCCCCc1cccc(-c2ccccc2OC(=O)O)c1. The first-order valence-corrected chi connectivity index (χ1v) is 7.30. The number of benzene rings is 2. The lowest BCUT2D eigenvalue weighted by atomic mass is 9.99. The summed E-state index contributed by atoms with van der Waals surface area (Å²) in [4.78, 5) is 10.8. The molecule has 0 spiro atoms. The maximum absolute atomic E-state index is 10.8. The van der Waals surface area contributed by atoms with Gasteiger partial charge in [0, 0.05) is 5.56 Å². The van der Waals surface area contributed by atoms with E-state index in [4.69, 9.17) is 9.84 Å².